The minimum atomic E-state index is -0.838. The summed E-state index contributed by atoms with van der Waals surface area (Å²) >= 11 is 0. The van der Waals surface area contributed by atoms with Crippen molar-refractivity contribution in [2.75, 3.05) is 39.3 Å². The van der Waals surface area contributed by atoms with Crippen LogP contribution in [-0.4, -0.2) is 77.1 Å². The van der Waals surface area contributed by atoms with E-state index in [9.17, 15) is 14.7 Å². The smallest absolute Gasteiger partial charge is 0.308 e. The molecule has 2 aromatic rings. The quantitative estimate of drug-likeness (QED) is 0.432. The highest BCUT2D eigenvalue weighted by molar-refractivity contribution is 5.79. The van der Waals surface area contributed by atoms with E-state index >= 15 is 0 Å². The van der Waals surface area contributed by atoms with Gasteiger partial charge >= 0.3 is 5.97 Å². The molecule has 0 spiro atoms. The molecule has 0 bridgehead atoms. The van der Waals surface area contributed by atoms with E-state index in [0.29, 0.717) is 51.5 Å². The number of carbonyl (C=O) groups is 2. The molecule has 9 nitrogen and oxygen atoms in total. The van der Waals surface area contributed by atoms with Gasteiger partial charge < -0.3 is 24.9 Å². The van der Waals surface area contributed by atoms with Gasteiger partial charge in [-0.1, -0.05) is 25.5 Å². The Hall–Kier alpha value is -2.91. The van der Waals surface area contributed by atoms with Crippen LogP contribution in [0.5, 0.6) is 5.75 Å². The van der Waals surface area contributed by atoms with E-state index in [2.05, 4.69) is 22.9 Å². The second-order valence-corrected chi connectivity index (χ2v) is 9.77. The highest BCUT2D eigenvalue weighted by atomic mass is 16.5. The van der Waals surface area contributed by atoms with Gasteiger partial charge in [0, 0.05) is 44.4 Å². The van der Waals surface area contributed by atoms with Crippen LogP contribution in [0.2, 0.25) is 0 Å². The lowest BCUT2D eigenvalue weighted by atomic mass is 9.83. The number of carbonyl (C=O) groups excluding carboxylic acids is 1. The van der Waals surface area contributed by atoms with E-state index in [1.165, 1.54) is 6.26 Å². The van der Waals surface area contributed by atoms with E-state index in [4.69, 9.17) is 14.9 Å². The number of hydrogen-bond acceptors (Lipinski definition) is 7. The number of benzene rings is 1. The fraction of sp³-hybridized carbons (Fsp3) is 0.593. The van der Waals surface area contributed by atoms with Gasteiger partial charge in [0.2, 0.25) is 5.91 Å². The third-order valence-corrected chi connectivity index (χ3v) is 7.42. The number of unbranched alkanes of at least 4 members (excludes halogenated alkanes) is 1. The summed E-state index contributed by atoms with van der Waals surface area (Å²) in [6, 6.07) is 5.71. The summed E-state index contributed by atoms with van der Waals surface area (Å²) in [5, 5.41) is 10.4. The molecule has 0 radical (unpaired) electrons. The van der Waals surface area contributed by atoms with Crippen LogP contribution in [0.4, 0.5) is 0 Å². The van der Waals surface area contributed by atoms with Gasteiger partial charge in [-0.2, -0.15) is 0 Å². The van der Waals surface area contributed by atoms with Crippen LogP contribution in [-0.2, 0) is 22.4 Å². The van der Waals surface area contributed by atoms with Crippen LogP contribution in [0.3, 0.4) is 0 Å². The Bertz CT molecular complexity index is 1000. The van der Waals surface area contributed by atoms with Gasteiger partial charge in [-0.25, -0.2) is 4.98 Å². The lowest BCUT2D eigenvalue weighted by Gasteiger charge is -2.29. The molecule has 36 heavy (non-hydrogen) atoms. The van der Waals surface area contributed by atoms with E-state index < -0.39 is 11.9 Å². The molecule has 3 N–H and O–H groups in total. The van der Waals surface area contributed by atoms with Crippen LogP contribution in [0.15, 0.2) is 35.1 Å². The SMILES string of the molecule is CCCCN(CCCN)C(=O)CN1C[C@H](c2ccc3c(c2)CCO3)C(C(=O)O)[C@@H]1CCc1ncco1. The first-order valence-electron chi connectivity index (χ1n) is 13.1. The molecule has 1 fully saturated rings. The van der Waals surface area contributed by atoms with Crippen molar-refractivity contribution in [1.82, 2.24) is 14.8 Å². The van der Waals surface area contributed by atoms with E-state index in [1.807, 2.05) is 17.0 Å². The molecule has 2 aliphatic heterocycles. The van der Waals surface area contributed by atoms with Gasteiger partial charge in [0.15, 0.2) is 5.89 Å². The first-order valence-corrected chi connectivity index (χ1v) is 13.1. The third kappa shape index (κ3) is 6.07. The molecule has 1 aromatic carbocycles. The number of amides is 1. The zero-order valence-electron chi connectivity index (χ0n) is 21.1. The highest BCUT2D eigenvalue weighted by Crippen LogP contribution is 2.41. The first kappa shape index (κ1) is 26.2. The number of aromatic nitrogens is 1. The standard InChI is InChI=1S/C27H38N4O5/c1-2-3-12-30(13-4-10-28)25(32)18-31-17-21(19-5-7-23-20(16-19)9-14-35-23)26(27(33)34)22(31)6-8-24-29-11-15-36-24/h5,7,11,15-16,21-22,26H,2-4,6,8-10,12-14,17-18,28H2,1H3,(H,33,34)/t21-,22+,26?/m1/s1. The van der Waals surface area contributed by atoms with Crippen molar-refractivity contribution in [3.8, 4) is 5.75 Å². The Morgan fingerprint density at radius 2 is 2.11 bits per heavy atom. The molecule has 0 aliphatic carbocycles. The van der Waals surface area contributed by atoms with E-state index in [-0.39, 0.29) is 24.4 Å². The van der Waals surface area contributed by atoms with Gasteiger partial charge in [-0.05, 0) is 43.0 Å². The average Bonchev–Trinajstić information content (AvgIpc) is 3.62. The van der Waals surface area contributed by atoms with Crippen LogP contribution >= 0.6 is 0 Å². The van der Waals surface area contributed by atoms with E-state index in [0.717, 1.165) is 42.6 Å². The fourth-order valence-corrected chi connectivity index (χ4v) is 5.54. The molecule has 3 heterocycles. The molecular weight excluding hydrogens is 460 g/mol. The predicted octanol–water partition coefficient (Wildman–Crippen LogP) is 2.69. The highest BCUT2D eigenvalue weighted by Gasteiger charge is 2.47. The van der Waals surface area contributed by atoms with Crippen LogP contribution < -0.4 is 10.5 Å². The molecule has 1 aromatic heterocycles. The van der Waals surface area contributed by atoms with Crippen molar-refractivity contribution in [1.29, 1.82) is 0 Å². The van der Waals surface area contributed by atoms with Crippen molar-refractivity contribution in [3.63, 3.8) is 0 Å². The van der Waals surface area contributed by atoms with Crippen molar-refractivity contribution in [2.45, 2.75) is 57.4 Å². The summed E-state index contributed by atoms with van der Waals surface area (Å²) in [5.74, 6) is -0.205. The number of oxazole rings is 1. The topological polar surface area (TPSA) is 122 Å². The third-order valence-electron chi connectivity index (χ3n) is 7.42. The average molecular weight is 499 g/mol. The number of hydrogen-bond donors (Lipinski definition) is 2. The Kier molecular flexibility index (Phi) is 8.98. The number of rotatable bonds is 13. The van der Waals surface area contributed by atoms with Gasteiger partial charge in [-0.15, -0.1) is 0 Å². The van der Waals surface area contributed by atoms with Gasteiger partial charge in [-0.3, -0.25) is 14.5 Å². The molecule has 2 aliphatic rings. The maximum absolute atomic E-state index is 13.4. The maximum atomic E-state index is 13.4. The number of aryl methyl sites for hydroxylation is 1. The second kappa shape index (κ2) is 12.4. The fourth-order valence-electron chi connectivity index (χ4n) is 5.54. The lowest BCUT2D eigenvalue weighted by Crippen LogP contribution is -2.45. The van der Waals surface area contributed by atoms with Crippen LogP contribution in [0, 0.1) is 5.92 Å². The molecule has 1 unspecified atom stereocenters. The number of carboxylic acids is 1. The predicted molar refractivity (Wildman–Crippen MR) is 135 cm³/mol. The Balaban J connectivity index is 1.58. The summed E-state index contributed by atoms with van der Waals surface area (Å²) in [7, 11) is 0. The molecule has 9 heteroatoms. The zero-order valence-corrected chi connectivity index (χ0v) is 21.1. The summed E-state index contributed by atoms with van der Waals surface area (Å²) in [5.41, 5.74) is 7.83. The van der Waals surface area contributed by atoms with Gasteiger partial charge in [0.1, 0.15) is 12.0 Å². The number of likely N-dealkylation sites (tertiary alicyclic amines) is 1. The van der Waals surface area contributed by atoms with Gasteiger partial charge in [0.05, 0.1) is 25.3 Å². The summed E-state index contributed by atoms with van der Waals surface area (Å²) in [4.78, 5) is 34.2. The molecule has 4 rings (SSSR count). The second-order valence-electron chi connectivity index (χ2n) is 9.77. The molecule has 1 amide bonds. The monoisotopic (exact) mass is 498 g/mol. The Morgan fingerprint density at radius 3 is 2.83 bits per heavy atom. The zero-order chi connectivity index (χ0) is 25.5. The van der Waals surface area contributed by atoms with Crippen molar-refractivity contribution < 1.29 is 23.8 Å². The summed E-state index contributed by atoms with van der Waals surface area (Å²) in [6.45, 7) is 5.32. The molecule has 196 valence electrons. The minimum absolute atomic E-state index is 0.0326. The molecular formula is C27H38N4O5. The van der Waals surface area contributed by atoms with Gasteiger partial charge in [0.25, 0.3) is 0 Å². The number of nitrogens with two attached hydrogens (primary N) is 1. The number of ether oxygens (including phenoxy) is 1. The maximum Gasteiger partial charge on any atom is 0.308 e. The van der Waals surface area contributed by atoms with Crippen LogP contribution in [0.25, 0.3) is 0 Å². The number of carboxylic acid groups (broad SMARTS) is 1. The molecule has 0 saturated carbocycles. The van der Waals surface area contributed by atoms with Crippen LogP contribution in [0.1, 0.15) is 55.5 Å². The Morgan fingerprint density at radius 1 is 1.28 bits per heavy atom. The van der Waals surface area contributed by atoms with E-state index in [1.54, 1.807) is 6.20 Å². The Labute approximate surface area is 212 Å². The molecule has 3 atom stereocenters. The molecule has 1 saturated heterocycles. The largest absolute Gasteiger partial charge is 0.493 e. The number of aliphatic carboxylic acids is 1. The first-order chi connectivity index (χ1) is 17.5. The number of nitrogens with zero attached hydrogens (tertiary/aromatic N) is 3. The summed E-state index contributed by atoms with van der Waals surface area (Å²) in [6.07, 6.45) is 7.70. The minimum Gasteiger partial charge on any atom is -0.493 e. The van der Waals surface area contributed by atoms with Crippen molar-refractivity contribution in [2.24, 2.45) is 11.7 Å². The van der Waals surface area contributed by atoms with Crippen molar-refractivity contribution in [3.05, 3.63) is 47.7 Å². The van der Waals surface area contributed by atoms with Crippen molar-refractivity contribution >= 4 is 11.9 Å². The lowest BCUT2D eigenvalue weighted by molar-refractivity contribution is -0.143. The normalized spacial score (nSPS) is 21.3. The number of fused-ring (bicyclic) bond motifs is 1. The summed E-state index contributed by atoms with van der Waals surface area (Å²) < 4.78 is 11.1.